The second-order valence-corrected chi connectivity index (χ2v) is 4.54. The lowest BCUT2D eigenvalue weighted by Crippen LogP contribution is -1.83. The minimum Gasteiger partial charge on any atom is -0.508 e. The van der Waals surface area contributed by atoms with Crippen molar-refractivity contribution in [2.45, 2.75) is 11.8 Å². The number of halogens is 1. The van der Waals surface area contributed by atoms with Crippen LogP contribution in [0.1, 0.15) is 5.56 Å². The zero-order valence-electron chi connectivity index (χ0n) is 7.58. The summed E-state index contributed by atoms with van der Waals surface area (Å²) in [5, 5.41) is 11.5. The highest BCUT2D eigenvalue weighted by atomic mass is 79.9. The summed E-state index contributed by atoms with van der Waals surface area (Å²) < 4.78 is 0.983. The number of aromatic hydroxyl groups is 1. The van der Waals surface area contributed by atoms with E-state index in [9.17, 15) is 5.11 Å². The van der Waals surface area contributed by atoms with E-state index >= 15 is 0 Å². The van der Waals surface area contributed by atoms with Crippen LogP contribution in [0.5, 0.6) is 5.75 Å². The summed E-state index contributed by atoms with van der Waals surface area (Å²) in [4.78, 5) is 0.920. The summed E-state index contributed by atoms with van der Waals surface area (Å²) >= 11 is 7.84. The van der Waals surface area contributed by atoms with Crippen molar-refractivity contribution in [1.29, 1.82) is 0 Å². The van der Waals surface area contributed by atoms with Crippen LogP contribution in [0.4, 0.5) is 0 Å². The fraction of sp³-hybridized carbons (Fsp3) is 0.0909. The molecule has 0 atom stereocenters. The maximum absolute atomic E-state index is 9.38. The van der Waals surface area contributed by atoms with Crippen LogP contribution in [0, 0.1) is 6.92 Å². The molecule has 0 aliphatic heterocycles. The average molecular weight is 269 g/mol. The number of phenolic OH excluding ortho intramolecular Hbond substituents is 1. The van der Waals surface area contributed by atoms with E-state index in [4.69, 9.17) is 0 Å². The highest BCUT2D eigenvalue weighted by Crippen LogP contribution is 2.32. The highest BCUT2D eigenvalue weighted by Gasteiger charge is 2.05. The number of fused-ring (bicyclic) bond motifs is 1. The molecule has 0 unspecified atom stereocenters. The van der Waals surface area contributed by atoms with Gasteiger partial charge in [-0.05, 0) is 57.4 Å². The number of phenols is 1. The average Bonchev–Trinajstić information content (AvgIpc) is 2.16. The van der Waals surface area contributed by atoms with Crippen LogP contribution in [-0.4, -0.2) is 5.11 Å². The molecule has 3 heteroatoms. The van der Waals surface area contributed by atoms with Crippen LogP contribution in [0.25, 0.3) is 10.8 Å². The topological polar surface area (TPSA) is 20.2 Å². The Morgan fingerprint density at radius 2 is 2.00 bits per heavy atom. The Bertz CT molecular complexity index is 508. The van der Waals surface area contributed by atoms with Gasteiger partial charge in [-0.3, -0.25) is 0 Å². The van der Waals surface area contributed by atoms with Crippen molar-refractivity contribution < 1.29 is 5.11 Å². The number of rotatable bonds is 0. The Balaban J connectivity index is 2.92. The normalized spacial score (nSPS) is 10.8. The van der Waals surface area contributed by atoms with Gasteiger partial charge in [0.15, 0.2) is 0 Å². The van der Waals surface area contributed by atoms with Crippen molar-refractivity contribution in [3.63, 3.8) is 0 Å². The predicted octanol–water partition coefficient (Wildman–Crippen LogP) is 3.91. The smallest absolute Gasteiger partial charge is 0.116 e. The van der Waals surface area contributed by atoms with Crippen LogP contribution < -0.4 is 0 Å². The molecule has 0 heterocycles. The van der Waals surface area contributed by atoms with Crippen molar-refractivity contribution in [2.75, 3.05) is 0 Å². The quantitative estimate of drug-likeness (QED) is 0.695. The maximum atomic E-state index is 9.38. The lowest BCUT2D eigenvalue weighted by molar-refractivity contribution is 0.476. The van der Waals surface area contributed by atoms with Gasteiger partial charge in [0.25, 0.3) is 0 Å². The van der Waals surface area contributed by atoms with Crippen molar-refractivity contribution in [3.05, 3.63) is 34.3 Å². The van der Waals surface area contributed by atoms with E-state index in [1.807, 2.05) is 19.1 Å². The molecule has 2 aromatic carbocycles. The Hall–Kier alpha value is -0.670. The Kier molecular flexibility index (Phi) is 2.45. The summed E-state index contributed by atoms with van der Waals surface area (Å²) in [7, 11) is 0. The van der Waals surface area contributed by atoms with Crippen LogP contribution in [0.2, 0.25) is 0 Å². The zero-order valence-corrected chi connectivity index (χ0v) is 10.1. The molecule has 0 fully saturated rings. The molecule has 1 nitrogen and oxygen atoms in total. The van der Waals surface area contributed by atoms with Gasteiger partial charge in [-0.25, -0.2) is 0 Å². The largest absolute Gasteiger partial charge is 0.508 e. The molecule has 72 valence electrons. The van der Waals surface area contributed by atoms with Crippen molar-refractivity contribution >= 4 is 39.3 Å². The van der Waals surface area contributed by atoms with Gasteiger partial charge in [0.05, 0.1) is 0 Å². The van der Waals surface area contributed by atoms with Crippen LogP contribution in [-0.2, 0) is 0 Å². The lowest BCUT2D eigenvalue weighted by Gasteiger charge is -2.07. The van der Waals surface area contributed by atoms with Gasteiger partial charge in [-0.2, -0.15) is 0 Å². The Morgan fingerprint density at radius 3 is 2.71 bits per heavy atom. The van der Waals surface area contributed by atoms with Gasteiger partial charge in [-0.1, -0.05) is 6.07 Å². The van der Waals surface area contributed by atoms with Crippen LogP contribution in [0.15, 0.2) is 33.6 Å². The molecule has 0 bridgehead atoms. The second kappa shape index (κ2) is 3.48. The molecule has 2 aromatic rings. The third-order valence-corrected chi connectivity index (χ3v) is 3.81. The van der Waals surface area contributed by atoms with E-state index in [-0.39, 0.29) is 5.75 Å². The predicted molar refractivity (Wildman–Crippen MR) is 65.3 cm³/mol. The molecule has 0 spiro atoms. The maximum Gasteiger partial charge on any atom is 0.116 e. The molecule has 0 aliphatic rings. The third kappa shape index (κ3) is 1.51. The van der Waals surface area contributed by atoms with Crippen LogP contribution >= 0.6 is 28.6 Å². The number of aryl methyl sites for hydroxylation is 1. The molecular formula is C11H9BrOS. The number of hydrogen-bond donors (Lipinski definition) is 2. The zero-order chi connectivity index (χ0) is 10.3. The van der Waals surface area contributed by atoms with Crippen molar-refractivity contribution in [1.82, 2.24) is 0 Å². The summed E-state index contributed by atoms with van der Waals surface area (Å²) in [6.07, 6.45) is 0. The molecule has 0 radical (unpaired) electrons. The first-order valence-electron chi connectivity index (χ1n) is 4.20. The summed E-state index contributed by atoms with van der Waals surface area (Å²) in [5.41, 5.74) is 1.08. The van der Waals surface area contributed by atoms with Gasteiger partial charge in [0.1, 0.15) is 5.75 Å². The van der Waals surface area contributed by atoms with Gasteiger partial charge in [-0.15, -0.1) is 12.6 Å². The van der Waals surface area contributed by atoms with E-state index in [1.54, 1.807) is 12.1 Å². The van der Waals surface area contributed by atoms with E-state index in [1.165, 1.54) is 0 Å². The van der Waals surface area contributed by atoms with E-state index in [0.717, 1.165) is 25.7 Å². The van der Waals surface area contributed by atoms with E-state index in [2.05, 4.69) is 28.6 Å². The number of hydrogen-bond acceptors (Lipinski definition) is 2. The Labute approximate surface area is 96.3 Å². The van der Waals surface area contributed by atoms with Gasteiger partial charge >= 0.3 is 0 Å². The van der Waals surface area contributed by atoms with E-state index < -0.39 is 0 Å². The molecule has 14 heavy (non-hydrogen) atoms. The summed E-state index contributed by atoms with van der Waals surface area (Å²) in [5.74, 6) is 0.288. The van der Waals surface area contributed by atoms with Crippen molar-refractivity contribution in [3.8, 4) is 5.75 Å². The molecule has 0 amide bonds. The third-order valence-electron chi connectivity index (χ3n) is 2.30. The molecule has 0 saturated heterocycles. The minimum absolute atomic E-state index is 0.288. The molecule has 0 aromatic heterocycles. The first-order chi connectivity index (χ1) is 6.59. The van der Waals surface area contributed by atoms with Crippen LogP contribution in [0.3, 0.4) is 0 Å². The van der Waals surface area contributed by atoms with Gasteiger partial charge in [0.2, 0.25) is 0 Å². The summed E-state index contributed by atoms with van der Waals surface area (Å²) in [6, 6.07) is 7.35. The molecular weight excluding hydrogens is 260 g/mol. The first kappa shape index (κ1) is 9.87. The summed E-state index contributed by atoms with van der Waals surface area (Å²) in [6.45, 7) is 1.99. The standard InChI is InChI=1S/C11H9BrOS/c1-6-9-5-8(13)3-2-7(9)4-10(12)11(6)14/h2-5,13-14H,1H3. The van der Waals surface area contributed by atoms with E-state index in [0.29, 0.717) is 0 Å². The van der Waals surface area contributed by atoms with Gasteiger partial charge < -0.3 is 5.11 Å². The lowest BCUT2D eigenvalue weighted by atomic mass is 10.1. The fourth-order valence-electron chi connectivity index (χ4n) is 1.51. The minimum atomic E-state index is 0.288. The number of benzene rings is 2. The molecule has 1 N–H and O–H groups in total. The monoisotopic (exact) mass is 268 g/mol. The molecule has 2 rings (SSSR count). The first-order valence-corrected chi connectivity index (χ1v) is 5.44. The SMILES string of the molecule is Cc1c(S)c(Br)cc2ccc(O)cc12. The van der Waals surface area contributed by atoms with Crippen molar-refractivity contribution in [2.24, 2.45) is 0 Å². The number of thiol groups is 1. The fourth-order valence-corrected chi connectivity index (χ4v) is 2.24. The molecule has 0 aliphatic carbocycles. The highest BCUT2D eigenvalue weighted by molar-refractivity contribution is 9.10. The Morgan fingerprint density at radius 1 is 1.29 bits per heavy atom. The van der Waals surface area contributed by atoms with Gasteiger partial charge in [0, 0.05) is 9.37 Å². The molecule has 0 saturated carbocycles. The second-order valence-electron chi connectivity index (χ2n) is 3.24.